The zero-order valence-electron chi connectivity index (χ0n) is 13.4. The third-order valence-electron chi connectivity index (χ3n) is 4.10. The van der Waals surface area contributed by atoms with Crippen LogP contribution in [0.3, 0.4) is 0 Å². The van der Waals surface area contributed by atoms with Crippen LogP contribution in [-0.4, -0.2) is 42.1 Å². The normalized spacial score (nSPS) is 14.7. The molecule has 2 aromatic rings. The summed E-state index contributed by atoms with van der Waals surface area (Å²) in [5.74, 6) is 0.979. The summed E-state index contributed by atoms with van der Waals surface area (Å²) < 4.78 is 0. The van der Waals surface area contributed by atoms with Gasteiger partial charge in [0.05, 0.1) is 0 Å². The molecule has 0 atom stereocenters. The van der Waals surface area contributed by atoms with Gasteiger partial charge < -0.3 is 15.1 Å². The molecule has 0 aliphatic carbocycles. The van der Waals surface area contributed by atoms with Crippen molar-refractivity contribution in [2.45, 2.75) is 13.5 Å². The molecule has 1 N–H and O–H groups in total. The Morgan fingerprint density at radius 2 is 1.83 bits per heavy atom. The molecule has 0 unspecified atom stereocenters. The van der Waals surface area contributed by atoms with E-state index in [2.05, 4.69) is 46.4 Å². The van der Waals surface area contributed by atoms with E-state index in [1.807, 2.05) is 23.1 Å². The molecule has 2 amide bonds. The molecule has 1 aliphatic heterocycles. The van der Waals surface area contributed by atoms with E-state index >= 15 is 0 Å². The molecule has 5 heteroatoms. The molecule has 1 aromatic carbocycles. The minimum Gasteiger partial charge on any atom is -0.353 e. The fourth-order valence-corrected chi connectivity index (χ4v) is 2.67. The van der Waals surface area contributed by atoms with Gasteiger partial charge >= 0.3 is 6.03 Å². The molecule has 1 saturated heterocycles. The summed E-state index contributed by atoms with van der Waals surface area (Å²) in [6, 6.07) is 14.1. The smallest absolute Gasteiger partial charge is 0.317 e. The second kappa shape index (κ2) is 7.13. The van der Waals surface area contributed by atoms with Crippen LogP contribution < -0.4 is 10.2 Å². The van der Waals surface area contributed by atoms with Crippen LogP contribution >= 0.6 is 0 Å². The fraction of sp³-hybridized carbons (Fsp3) is 0.333. The highest BCUT2D eigenvalue weighted by Gasteiger charge is 2.21. The number of anilines is 1. The van der Waals surface area contributed by atoms with E-state index < -0.39 is 0 Å². The maximum absolute atomic E-state index is 12.3. The lowest BCUT2D eigenvalue weighted by Crippen LogP contribution is -2.51. The van der Waals surface area contributed by atoms with Gasteiger partial charge in [0, 0.05) is 38.9 Å². The predicted octanol–water partition coefficient (Wildman–Crippen LogP) is 2.42. The zero-order valence-corrected chi connectivity index (χ0v) is 13.4. The molecule has 0 spiro atoms. The van der Waals surface area contributed by atoms with Crippen LogP contribution in [0.2, 0.25) is 0 Å². The van der Waals surface area contributed by atoms with Crippen LogP contribution in [0.15, 0.2) is 48.7 Å². The first-order valence-electron chi connectivity index (χ1n) is 7.97. The minimum absolute atomic E-state index is 0.00578. The molecule has 1 fully saturated rings. The maximum Gasteiger partial charge on any atom is 0.317 e. The summed E-state index contributed by atoms with van der Waals surface area (Å²) in [7, 11) is 0. The topological polar surface area (TPSA) is 48.5 Å². The third-order valence-corrected chi connectivity index (χ3v) is 4.10. The average molecular weight is 310 g/mol. The molecule has 0 bridgehead atoms. The van der Waals surface area contributed by atoms with Crippen molar-refractivity contribution in [1.29, 1.82) is 0 Å². The van der Waals surface area contributed by atoms with Gasteiger partial charge in [-0.3, -0.25) is 0 Å². The molecule has 0 saturated carbocycles. The predicted molar refractivity (Wildman–Crippen MR) is 91.4 cm³/mol. The molecule has 0 radical (unpaired) electrons. The van der Waals surface area contributed by atoms with E-state index in [1.165, 1.54) is 5.56 Å². The monoisotopic (exact) mass is 310 g/mol. The summed E-state index contributed by atoms with van der Waals surface area (Å²) in [5.41, 5.74) is 2.35. The van der Waals surface area contributed by atoms with Crippen molar-refractivity contribution in [1.82, 2.24) is 15.2 Å². The first-order valence-corrected chi connectivity index (χ1v) is 7.97. The Balaban J connectivity index is 1.47. The SMILES string of the molecule is Cc1ccc(CNC(=O)N2CCN(c3ccccn3)CC2)cc1. The maximum atomic E-state index is 12.3. The third kappa shape index (κ3) is 4.00. The van der Waals surface area contributed by atoms with Crippen LogP contribution in [0.25, 0.3) is 0 Å². The Kier molecular flexibility index (Phi) is 4.76. The Bertz CT molecular complexity index is 634. The molecule has 1 aliphatic rings. The molecule has 2 heterocycles. The summed E-state index contributed by atoms with van der Waals surface area (Å²) in [4.78, 5) is 20.7. The lowest BCUT2D eigenvalue weighted by Gasteiger charge is -2.35. The number of carbonyl (C=O) groups excluding carboxylic acids is 1. The van der Waals surface area contributed by atoms with Crippen molar-refractivity contribution >= 4 is 11.8 Å². The van der Waals surface area contributed by atoms with Gasteiger partial charge in [0.25, 0.3) is 0 Å². The molecule has 1 aromatic heterocycles. The Labute approximate surface area is 136 Å². The van der Waals surface area contributed by atoms with Crippen molar-refractivity contribution in [3.8, 4) is 0 Å². The summed E-state index contributed by atoms with van der Waals surface area (Å²) in [5, 5.41) is 3.00. The lowest BCUT2D eigenvalue weighted by atomic mass is 10.1. The second-order valence-corrected chi connectivity index (χ2v) is 5.81. The number of carbonyl (C=O) groups is 1. The molecule has 3 rings (SSSR count). The number of piperazine rings is 1. The van der Waals surface area contributed by atoms with Crippen LogP contribution in [0, 0.1) is 6.92 Å². The largest absolute Gasteiger partial charge is 0.353 e. The highest BCUT2D eigenvalue weighted by atomic mass is 16.2. The molecular formula is C18H22N4O. The van der Waals surface area contributed by atoms with E-state index in [4.69, 9.17) is 0 Å². The number of benzene rings is 1. The number of amides is 2. The van der Waals surface area contributed by atoms with Crippen LogP contribution in [0.4, 0.5) is 10.6 Å². The second-order valence-electron chi connectivity index (χ2n) is 5.81. The van der Waals surface area contributed by atoms with E-state index in [-0.39, 0.29) is 6.03 Å². The molecule has 5 nitrogen and oxygen atoms in total. The van der Waals surface area contributed by atoms with E-state index in [9.17, 15) is 4.79 Å². The van der Waals surface area contributed by atoms with E-state index in [0.717, 1.165) is 37.6 Å². The summed E-state index contributed by atoms with van der Waals surface area (Å²) >= 11 is 0. The first-order chi connectivity index (χ1) is 11.2. The van der Waals surface area contributed by atoms with Crippen molar-refractivity contribution in [2.75, 3.05) is 31.1 Å². The highest BCUT2D eigenvalue weighted by molar-refractivity contribution is 5.74. The quantitative estimate of drug-likeness (QED) is 0.947. The van der Waals surface area contributed by atoms with Gasteiger partial charge in [-0.15, -0.1) is 0 Å². The number of urea groups is 1. The highest BCUT2D eigenvalue weighted by Crippen LogP contribution is 2.12. The van der Waals surface area contributed by atoms with Gasteiger partial charge in [-0.1, -0.05) is 35.9 Å². The van der Waals surface area contributed by atoms with E-state index in [0.29, 0.717) is 6.54 Å². The molecule has 23 heavy (non-hydrogen) atoms. The number of hydrogen-bond acceptors (Lipinski definition) is 3. The summed E-state index contributed by atoms with van der Waals surface area (Å²) in [6.45, 7) is 5.69. The molecular weight excluding hydrogens is 288 g/mol. The van der Waals surface area contributed by atoms with E-state index in [1.54, 1.807) is 6.20 Å². The Hall–Kier alpha value is -2.56. The average Bonchev–Trinajstić information content (AvgIpc) is 2.62. The number of aryl methyl sites for hydroxylation is 1. The van der Waals surface area contributed by atoms with Crippen LogP contribution in [0.1, 0.15) is 11.1 Å². The van der Waals surface area contributed by atoms with Crippen LogP contribution in [0.5, 0.6) is 0 Å². The van der Waals surface area contributed by atoms with Crippen molar-refractivity contribution in [3.63, 3.8) is 0 Å². The van der Waals surface area contributed by atoms with Crippen molar-refractivity contribution < 1.29 is 4.79 Å². The summed E-state index contributed by atoms with van der Waals surface area (Å²) in [6.07, 6.45) is 1.80. The fourth-order valence-electron chi connectivity index (χ4n) is 2.67. The van der Waals surface area contributed by atoms with Crippen molar-refractivity contribution in [3.05, 3.63) is 59.8 Å². The van der Waals surface area contributed by atoms with Gasteiger partial charge in [0.2, 0.25) is 0 Å². The Morgan fingerprint density at radius 1 is 1.09 bits per heavy atom. The van der Waals surface area contributed by atoms with Crippen LogP contribution in [-0.2, 0) is 6.54 Å². The number of hydrogen-bond donors (Lipinski definition) is 1. The number of nitrogens with one attached hydrogen (secondary N) is 1. The van der Waals surface area contributed by atoms with Crippen molar-refractivity contribution in [2.24, 2.45) is 0 Å². The first kappa shape index (κ1) is 15.3. The van der Waals surface area contributed by atoms with Gasteiger partial charge in [-0.05, 0) is 24.6 Å². The number of aromatic nitrogens is 1. The minimum atomic E-state index is 0.00578. The zero-order chi connectivity index (χ0) is 16.1. The molecule has 120 valence electrons. The number of pyridine rings is 1. The van der Waals surface area contributed by atoms with Gasteiger partial charge in [0.15, 0.2) is 0 Å². The Morgan fingerprint density at radius 3 is 2.48 bits per heavy atom. The standard InChI is InChI=1S/C18H22N4O/c1-15-5-7-16(8-6-15)14-20-18(23)22-12-10-21(11-13-22)17-4-2-3-9-19-17/h2-9H,10-14H2,1H3,(H,20,23). The van der Waals surface area contributed by atoms with Gasteiger partial charge in [-0.2, -0.15) is 0 Å². The lowest BCUT2D eigenvalue weighted by molar-refractivity contribution is 0.194. The number of rotatable bonds is 3. The van der Waals surface area contributed by atoms with Gasteiger partial charge in [0.1, 0.15) is 5.82 Å². The number of nitrogens with zero attached hydrogens (tertiary/aromatic N) is 3. The van der Waals surface area contributed by atoms with Gasteiger partial charge in [-0.25, -0.2) is 9.78 Å².